The summed E-state index contributed by atoms with van der Waals surface area (Å²) in [6, 6.07) is 21.5. The van der Waals surface area contributed by atoms with Gasteiger partial charge in [0.2, 0.25) is 5.82 Å². The van der Waals surface area contributed by atoms with Crippen molar-refractivity contribution in [2.75, 3.05) is 12.4 Å². The number of anilines is 1. The zero-order valence-electron chi connectivity index (χ0n) is 17.4. The minimum Gasteiger partial charge on any atom is -0.493 e. The quantitative estimate of drug-likeness (QED) is 0.402. The summed E-state index contributed by atoms with van der Waals surface area (Å²) in [5.41, 5.74) is 1.89. The molecule has 1 heterocycles. The lowest BCUT2D eigenvalue weighted by molar-refractivity contribution is -0.122. The summed E-state index contributed by atoms with van der Waals surface area (Å²) in [6.45, 7) is 1.66. The number of benzene rings is 3. The molecule has 0 aliphatic heterocycles. The minimum absolute atomic E-state index is 0.282. The first-order valence-electron chi connectivity index (χ1n) is 9.84. The van der Waals surface area contributed by atoms with Gasteiger partial charge in [-0.25, -0.2) is 0 Å². The van der Waals surface area contributed by atoms with E-state index in [1.54, 1.807) is 56.5 Å². The first-order valence-corrected chi connectivity index (χ1v) is 10.2. The van der Waals surface area contributed by atoms with Crippen LogP contribution in [0.15, 0.2) is 77.3 Å². The molecule has 3 aromatic carbocycles. The van der Waals surface area contributed by atoms with Crippen LogP contribution in [0.2, 0.25) is 5.02 Å². The van der Waals surface area contributed by atoms with Crippen LogP contribution in [-0.4, -0.2) is 29.3 Å². The molecule has 162 valence electrons. The number of rotatable bonds is 7. The lowest BCUT2D eigenvalue weighted by atomic mass is 10.1. The Morgan fingerprint density at radius 3 is 2.44 bits per heavy atom. The molecule has 32 heavy (non-hydrogen) atoms. The van der Waals surface area contributed by atoms with Crippen molar-refractivity contribution in [1.29, 1.82) is 0 Å². The van der Waals surface area contributed by atoms with E-state index in [1.807, 2.05) is 30.3 Å². The van der Waals surface area contributed by atoms with Gasteiger partial charge in [0.05, 0.1) is 18.4 Å². The van der Waals surface area contributed by atoms with Gasteiger partial charge in [-0.15, -0.1) is 0 Å². The zero-order chi connectivity index (χ0) is 22.5. The Hall–Kier alpha value is -3.84. The Morgan fingerprint density at radius 1 is 1.00 bits per heavy atom. The lowest BCUT2D eigenvalue weighted by Gasteiger charge is -2.17. The van der Waals surface area contributed by atoms with Gasteiger partial charge in [0, 0.05) is 10.6 Å². The van der Waals surface area contributed by atoms with E-state index >= 15 is 0 Å². The molecule has 0 spiro atoms. The smallest absolute Gasteiger partial charge is 0.265 e. The van der Waals surface area contributed by atoms with Crippen LogP contribution in [0, 0.1) is 0 Å². The third-order valence-corrected chi connectivity index (χ3v) is 4.94. The highest BCUT2D eigenvalue weighted by Gasteiger charge is 2.20. The van der Waals surface area contributed by atoms with Gasteiger partial charge in [0.25, 0.3) is 11.8 Å². The molecule has 0 radical (unpaired) electrons. The fraction of sp³-hybridized carbons (Fsp3) is 0.125. The molecule has 1 amide bonds. The van der Waals surface area contributed by atoms with Crippen molar-refractivity contribution in [2.45, 2.75) is 13.0 Å². The van der Waals surface area contributed by atoms with Crippen LogP contribution in [-0.2, 0) is 4.79 Å². The second-order valence-corrected chi connectivity index (χ2v) is 7.31. The fourth-order valence-electron chi connectivity index (χ4n) is 3.02. The summed E-state index contributed by atoms with van der Waals surface area (Å²) >= 11 is 5.94. The Balaban J connectivity index is 1.52. The van der Waals surface area contributed by atoms with Gasteiger partial charge in [0.1, 0.15) is 0 Å². The third-order valence-electron chi connectivity index (χ3n) is 4.69. The van der Waals surface area contributed by atoms with E-state index in [-0.39, 0.29) is 11.8 Å². The summed E-state index contributed by atoms with van der Waals surface area (Å²) in [6.07, 6.45) is -0.772. The highest BCUT2D eigenvalue weighted by atomic mass is 35.5. The van der Waals surface area contributed by atoms with Crippen LogP contribution in [0.3, 0.4) is 0 Å². The van der Waals surface area contributed by atoms with Crippen molar-refractivity contribution in [3.63, 3.8) is 0 Å². The van der Waals surface area contributed by atoms with Crippen molar-refractivity contribution in [1.82, 2.24) is 10.1 Å². The maximum Gasteiger partial charge on any atom is 0.265 e. The van der Waals surface area contributed by atoms with Gasteiger partial charge in [-0.05, 0) is 55.5 Å². The average Bonchev–Trinajstić information content (AvgIpc) is 3.30. The zero-order valence-corrected chi connectivity index (χ0v) is 18.2. The molecule has 0 fully saturated rings. The number of hydrogen-bond donors (Lipinski definition) is 1. The Labute approximate surface area is 189 Å². The number of halogens is 1. The lowest BCUT2D eigenvalue weighted by Crippen LogP contribution is -2.30. The third kappa shape index (κ3) is 4.73. The van der Waals surface area contributed by atoms with Gasteiger partial charge >= 0.3 is 0 Å². The number of carbonyl (C=O) groups is 1. The Kier molecular flexibility index (Phi) is 6.37. The average molecular weight is 450 g/mol. The molecule has 4 aromatic rings. The number of aromatic nitrogens is 2. The number of para-hydroxylation sites is 3. The van der Waals surface area contributed by atoms with Gasteiger partial charge in [-0.1, -0.05) is 41.0 Å². The number of nitrogens with zero attached hydrogens (tertiary/aromatic N) is 2. The Morgan fingerprint density at radius 2 is 1.69 bits per heavy atom. The van der Waals surface area contributed by atoms with E-state index in [2.05, 4.69) is 15.5 Å². The van der Waals surface area contributed by atoms with E-state index in [0.717, 1.165) is 5.56 Å². The number of nitrogens with one attached hydrogen (secondary N) is 1. The number of carbonyl (C=O) groups excluding carboxylic acids is 1. The molecule has 1 unspecified atom stereocenters. The summed E-state index contributed by atoms with van der Waals surface area (Å²) < 4.78 is 16.5. The SMILES string of the molecule is COc1ccccc1OC(C)C(=O)Nc1ccccc1-c1nc(-c2ccc(Cl)cc2)no1. The number of methoxy groups -OCH3 is 1. The van der Waals surface area contributed by atoms with Crippen molar-refractivity contribution < 1.29 is 18.8 Å². The molecular formula is C24H20ClN3O4. The van der Waals surface area contributed by atoms with Crippen molar-refractivity contribution in [3.8, 4) is 34.3 Å². The fourth-order valence-corrected chi connectivity index (χ4v) is 3.15. The second-order valence-electron chi connectivity index (χ2n) is 6.88. The summed E-state index contributed by atoms with van der Waals surface area (Å²) in [5, 5.41) is 7.54. The van der Waals surface area contributed by atoms with Gasteiger partial charge < -0.3 is 19.3 Å². The molecule has 0 aliphatic carbocycles. The normalized spacial score (nSPS) is 11.6. The number of amides is 1. The number of ether oxygens (including phenoxy) is 2. The molecule has 8 heteroatoms. The van der Waals surface area contributed by atoms with Crippen LogP contribution >= 0.6 is 11.6 Å². The second kappa shape index (κ2) is 9.53. The first kappa shape index (κ1) is 21.4. The van der Waals surface area contributed by atoms with Crippen molar-refractivity contribution in [2.24, 2.45) is 0 Å². The predicted octanol–water partition coefficient (Wildman–Crippen LogP) is 5.47. The highest BCUT2D eigenvalue weighted by Crippen LogP contribution is 2.30. The van der Waals surface area contributed by atoms with Crippen LogP contribution < -0.4 is 14.8 Å². The largest absolute Gasteiger partial charge is 0.493 e. The minimum atomic E-state index is -0.772. The summed E-state index contributed by atoms with van der Waals surface area (Å²) in [4.78, 5) is 17.3. The number of hydrogen-bond acceptors (Lipinski definition) is 6. The first-order chi connectivity index (χ1) is 15.5. The molecule has 0 aliphatic rings. The monoisotopic (exact) mass is 449 g/mol. The molecule has 1 N–H and O–H groups in total. The van der Waals surface area contributed by atoms with Crippen LogP contribution in [0.25, 0.3) is 22.8 Å². The van der Waals surface area contributed by atoms with Gasteiger partial charge in [-0.3, -0.25) is 4.79 Å². The molecule has 7 nitrogen and oxygen atoms in total. The van der Waals surface area contributed by atoms with Gasteiger partial charge in [-0.2, -0.15) is 4.98 Å². The molecule has 0 saturated carbocycles. The Bertz CT molecular complexity index is 1220. The molecule has 0 saturated heterocycles. The molecule has 1 aromatic heterocycles. The predicted molar refractivity (Wildman–Crippen MR) is 122 cm³/mol. The summed E-state index contributed by atoms with van der Waals surface area (Å²) in [7, 11) is 1.55. The van der Waals surface area contributed by atoms with Crippen LogP contribution in [0.5, 0.6) is 11.5 Å². The van der Waals surface area contributed by atoms with E-state index in [9.17, 15) is 4.79 Å². The standard InChI is InChI=1S/C24H20ClN3O4/c1-15(31-21-10-6-5-9-20(21)30-2)23(29)26-19-8-4-3-7-18(19)24-27-22(28-32-24)16-11-13-17(25)14-12-16/h3-15H,1-2H3,(H,26,29). The molecular weight excluding hydrogens is 430 g/mol. The maximum absolute atomic E-state index is 12.8. The van der Waals surface area contributed by atoms with Crippen LogP contribution in [0.1, 0.15) is 6.92 Å². The topological polar surface area (TPSA) is 86.5 Å². The van der Waals surface area contributed by atoms with Crippen molar-refractivity contribution >= 4 is 23.2 Å². The van der Waals surface area contributed by atoms with Gasteiger partial charge in [0.15, 0.2) is 17.6 Å². The summed E-state index contributed by atoms with van der Waals surface area (Å²) in [5.74, 6) is 1.40. The van der Waals surface area contributed by atoms with Crippen molar-refractivity contribution in [3.05, 3.63) is 77.8 Å². The van der Waals surface area contributed by atoms with E-state index in [0.29, 0.717) is 33.6 Å². The molecule has 4 rings (SSSR count). The highest BCUT2D eigenvalue weighted by molar-refractivity contribution is 6.30. The van der Waals surface area contributed by atoms with E-state index in [4.69, 9.17) is 25.6 Å². The molecule has 0 bridgehead atoms. The van der Waals surface area contributed by atoms with Crippen LogP contribution in [0.4, 0.5) is 5.69 Å². The van der Waals surface area contributed by atoms with E-state index in [1.165, 1.54) is 0 Å². The maximum atomic E-state index is 12.8. The van der Waals surface area contributed by atoms with E-state index < -0.39 is 6.10 Å². The molecule has 1 atom stereocenters.